The van der Waals surface area contributed by atoms with Gasteiger partial charge in [0.25, 0.3) is 0 Å². The Labute approximate surface area is 194 Å². The van der Waals surface area contributed by atoms with E-state index in [1.54, 1.807) is 0 Å². The predicted octanol–water partition coefficient (Wildman–Crippen LogP) is -7.99. The van der Waals surface area contributed by atoms with Crippen LogP contribution in [0.1, 0.15) is 0 Å². The first kappa shape index (κ1) is 38.1. The molecule has 0 amide bonds. The minimum Gasteiger partial charge on any atom is 2.00 e. The van der Waals surface area contributed by atoms with Crippen LogP contribution in [-0.4, -0.2) is 165 Å². The maximum absolute atomic E-state index is 8.62. The molecular formula is BaBi4O12Pb. The molecule has 0 aliphatic heterocycles. The van der Waals surface area contributed by atoms with E-state index in [9.17, 15) is 0 Å². The maximum Gasteiger partial charge on any atom is 2.00 e. The molecule has 0 rings (SSSR count). The molecule has 0 aliphatic rings. The Hall–Kier alpha value is 4.27. The molecule has 0 N–H and O–H groups in total. The Morgan fingerprint density at radius 2 is 0.444 bits per heavy atom. The minimum atomic E-state index is -4.34. The van der Waals surface area contributed by atoms with E-state index in [1.165, 1.54) is 0 Å². The van der Waals surface area contributed by atoms with Crippen LogP contribution in [-0.2, 0) is 22.5 Å². The van der Waals surface area contributed by atoms with Gasteiger partial charge in [0.1, 0.15) is 0 Å². The molecule has 18 heteroatoms. The average Bonchev–Trinajstić information content (AvgIpc) is 1.76. The van der Waals surface area contributed by atoms with Gasteiger partial charge in [-0.1, -0.05) is 0 Å². The number of hydrogen-bond donors (Lipinski definition) is 0. The molecular weight excluding hydrogens is 1370 g/mol. The molecule has 0 heterocycles. The first-order valence-electron chi connectivity index (χ1n) is 2.19. The summed E-state index contributed by atoms with van der Waals surface area (Å²) < 4.78 is 103. The molecule has 0 saturated carbocycles. The zero-order chi connectivity index (χ0) is 14.3. The van der Waals surface area contributed by atoms with Gasteiger partial charge in [-0.3, -0.25) is 0 Å². The molecule has 0 aromatic rings. The van der Waals surface area contributed by atoms with Crippen LogP contribution >= 0.6 is 0 Å². The smallest absolute Gasteiger partial charge is 2.00 e. The van der Waals surface area contributed by atoms with Crippen molar-refractivity contribution >= 4 is 165 Å². The van der Waals surface area contributed by atoms with Crippen LogP contribution in [0.25, 0.3) is 0 Å². The molecule has 0 saturated heterocycles. The van der Waals surface area contributed by atoms with Gasteiger partial charge in [0.2, 0.25) is 0 Å². The second-order valence-corrected chi connectivity index (χ2v) is 7.85. The van der Waals surface area contributed by atoms with Crippen LogP contribution in [0.2, 0.25) is 0 Å². The monoisotopic (exact) mass is 1370 g/mol. The third-order valence-electron chi connectivity index (χ3n) is 0. The molecule has 18 heavy (non-hydrogen) atoms. The Balaban J connectivity index is -0.0000000257. The van der Waals surface area contributed by atoms with E-state index in [-0.39, 0.29) is 76.2 Å². The summed E-state index contributed by atoms with van der Waals surface area (Å²) >= 11 is -17.4. The SMILES string of the molecule is [Ba+2].[O]=[Bi](=[O])[O-].[O]=[Bi](=[O])[O-].[O]=[Bi](=[O])[O-].[O]=[Bi](=[O])[O-].[Pb+2]. The molecule has 98 valence electrons. The van der Waals surface area contributed by atoms with Gasteiger partial charge in [0.15, 0.2) is 0 Å². The van der Waals surface area contributed by atoms with Gasteiger partial charge in [-0.2, -0.15) is 0 Å². The zero-order valence-corrected chi connectivity index (χ0v) is 30.1. The fourth-order valence-corrected chi connectivity index (χ4v) is 0. The largest absolute Gasteiger partial charge is 2.00 e. The van der Waals surface area contributed by atoms with Crippen LogP contribution in [0.4, 0.5) is 0 Å². The molecule has 2 radical (unpaired) electrons. The molecule has 0 aromatic carbocycles. The van der Waals surface area contributed by atoms with Crippen LogP contribution in [0.15, 0.2) is 0 Å². The van der Waals surface area contributed by atoms with Crippen molar-refractivity contribution in [2.24, 2.45) is 0 Å². The van der Waals surface area contributed by atoms with Crippen LogP contribution in [0.5, 0.6) is 0 Å². The normalized spacial score (nSPS) is 5.56. The molecule has 0 atom stereocenters. The number of hydrogen-bond acceptors (Lipinski definition) is 12. The van der Waals surface area contributed by atoms with Gasteiger partial charge in [-0.15, -0.1) is 0 Å². The summed E-state index contributed by atoms with van der Waals surface area (Å²) in [5, 5.41) is 0. The van der Waals surface area contributed by atoms with Crippen molar-refractivity contribution in [1.82, 2.24) is 0 Å². The summed E-state index contributed by atoms with van der Waals surface area (Å²) in [7, 11) is 0. The first-order chi connectivity index (χ1) is 6.93. The first-order valence-corrected chi connectivity index (χ1v) is 19.2. The summed E-state index contributed by atoms with van der Waals surface area (Å²) in [5.74, 6) is 0. The van der Waals surface area contributed by atoms with Gasteiger partial charge in [-0.25, -0.2) is 0 Å². The zero-order valence-electron chi connectivity index (χ0n) is 7.89. The van der Waals surface area contributed by atoms with Gasteiger partial charge in [0.05, 0.1) is 0 Å². The van der Waals surface area contributed by atoms with Gasteiger partial charge < -0.3 is 0 Å². The molecule has 12 nitrogen and oxygen atoms in total. The van der Waals surface area contributed by atoms with E-state index in [2.05, 4.69) is 0 Å². The van der Waals surface area contributed by atoms with E-state index in [4.69, 9.17) is 35.2 Å². The Bertz CT molecular complexity index is 298. The van der Waals surface area contributed by atoms with E-state index in [0.717, 1.165) is 0 Å². The van der Waals surface area contributed by atoms with Gasteiger partial charge in [0, 0.05) is 0 Å². The molecule has 0 bridgehead atoms. The quantitative estimate of drug-likeness (QED) is 0.206. The van der Waals surface area contributed by atoms with Crippen molar-refractivity contribution in [3.63, 3.8) is 0 Å². The molecule has 0 aliphatic carbocycles. The van der Waals surface area contributed by atoms with Gasteiger partial charge >= 0.3 is 200 Å². The fourth-order valence-electron chi connectivity index (χ4n) is 0. The standard InChI is InChI=1S/Ba.4Bi.12O.Pb/q+2;;;;;;;;;;;;;4*-1;+2. The summed E-state index contributed by atoms with van der Waals surface area (Å²) in [5.41, 5.74) is 0. The van der Waals surface area contributed by atoms with E-state index in [1.807, 2.05) is 0 Å². The summed E-state index contributed by atoms with van der Waals surface area (Å²) in [6.07, 6.45) is 0. The van der Waals surface area contributed by atoms with Crippen LogP contribution in [0.3, 0.4) is 0 Å². The molecule has 0 fully saturated rings. The van der Waals surface area contributed by atoms with Gasteiger partial charge in [-0.05, 0) is 0 Å². The van der Waals surface area contributed by atoms with Crippen molar-refractivity contribution in [2.45, 2.75) is 0 Å². The summed E-state index contributed by atoms with van der Waals surface area (Å²) in [6, 6.07) is 0. The van der Waals surface area contributed by atoms with Crippen LogP contribution in [0, 0.1) is 0 Å². The van der Waals surface area contributed by atoms with Crippen LogP contribution < -0.4 is 12.7 Å². The molecule has 0 spiro atoms. The third-order valence-corrected chi connectivity index (χ3v) is 0. The second-order valence-electron chi connectivity index (χ2n) is 0.894. The molecule has 0 unspecified atom stereocenters. The van der Waals surface area contributed by atoms with Crippen molar-refractivity contribution in [1.29, 1.82) is 0 Å². The minimum absolute atomic E-state index is 0. The average molecular weight is 1370 g/mol. The Morgan fingerprint density at radius 1 is 0.444 bits per heavy atom. The number of rotatable bonds is 0. The maximum atomic E-state index is 8.62. The fraction of sp³-hybridized carbons (Fsp3) is 0. The van der Waals surface area contributed by atoms with Crippen molar-refractivity contribution in [2.75, 3.05) is 0 Å². The summed E-state index contributed by atoms with van der Waals surface area (Å²) in [6.45, 7) is 0. The third kappa shape index (κ3) is 413. The van der Waals surface area contributed by atoms with Crippen molar-refractivity contribution < 1.29 is 35.2 Å². The summed E-state index contributed by atoms with van der Waals surface area (Å²) in [4.78, 5) is 0. The van der Waals surface area contributed by atoms with E-state index < -0.39 is 88.8 Å². The molecule has 0 aromatic heterocycles. The Morgan fingerprint density at radius 3 is 0.444 bits per heavy atom. The van der Waals surface area contributed by atoms with Crippen molar-refractivity contribution in [3.8, 4) is 0 Å². The predicted molar refractivity (Wildman–Crippen MR) is 40.0 cm³/mol. The topological polar surface area (TPSA) is 229 Å². The Kier molecular flexibility index (Phi) is 69.8. The van der Waals surface area contributed by atoms with Crippen molar-refractivity contribution in [3.05, 3.63) is 0 Å². The second kappa shape index (κ2) is 33.0. The van der Waals surface area contributed by atoms with E-state index in [0.29, 0.717) is 0 Å². The van der Waals surface area contributed by atoms with E-state index >= 15 is 0 Å².